The van der Waals surface area contributed by atoms with Gasteiger partial charge in [0.05, 0.1) is 27.5 Å². The Kier molecular flexibility index (Phi) is 8.19. The van der Waals surface area contributed by atoms with Crippen molar-refractivity contribution >= 4 is 42.4 Å². The number of benzene rings is 2. The number of ether oxygens (including phenoxy) is 1. The van der Waals surface area contributed by atoms with E-state index in [0.717, 1.165) is 59.4 Å². The first-order valence-electron chi connectivity index (χ1n) is 11.6. The van der Waals surface area contributed by atoms with Crippen molar-refractivity contribution in [2.24, 2.45) is 0 Å². The number of hydrogen-bond acceptors (Lipinski definition) is 8. The maximum absolute atomic E-state index is 13.0. The molecule has 0 bridgehead atoms. The number of rotatable bonds is 10. The first kappa shape index (κ1) is 25.3. The van der Waals surface area contributed by atoms with E-state index in [1.807, 2.05) is 25.1 Å². The van der Waals surface area contributed by atoms with E-state index in [1.165, 1.54) is 12.1 Å². The molecule has 2 heterocycles. The normalized spacial score (nSPS) is 14.9. The summed E-state index contributed by atoms with van der Waals surface area (Å²) in [6.07, 6.45) is -0.129. The SMILES string of the molecule is CCOc1ccc2nc(N3CCN(CCNC(=O)CCS(=O)(=O)c4ccc(F)cc4)CC3)sc2c1. The lowest BCUT2D eigenvalue weighted by Gasteiger charge is -2.34. The summed E-state index contributed by atoms with van der Waals surface area (Å²) in [5.74, 6) is -0.263. The second kappa shape index (κ2) is 11.3. The van der Waals surface area contributed by atoms with Gasteiger partial charge in [0.2, 0.25) is 5.91 Å². The molecule has 0 atom stereocenters. The third-order valence-electron chi connectivity index (χ3n) is 5.82. The molecule has 1 fully saturated rings. The summed E-state index contributed by atoms with van der Waals surface area (Å²) in [6, 6.07) is 10.6. The van der Waals surface area contributed by atoms with E-state index in [4.69, 9.17) is 9.72 Å². The molecule has 1 N–H and O–H groups in total. The first-order chi connectivity index (χ1) is 16.8. The van der Waals surface area contributed by atoms with Crippen LogP contribution in [0.5, 0.6) is 5.75 Å². The van der Waals surface area contributed by atoms with Gasteiger partial charge < -0.3 is 15.0 Å². The third kappa shape index (κ3) is 6.68. The predicted molar refractivity (Wildman–Crippen MR) is 136 cm³/mol. The minimum atomic E-state index is -3.62. The van der Waals surface area contributed by atoms with Gasteiger partial charge in [-0.2, -0.15) is 0 Å². The molecule has 35 heavy (non-hydrogen) atoms. The average Bonchev–Trinajstić information content (AvgIpc) is 3.27. The molecule has 11 heteroatoms. The van der Waals surface area contributed by atoms with Gasteiger partial charge in [-0.25, -0.2) is 17.8 Å². The summed E-state index contributed by atoms with van der Waals surface area (Å²) >= 11 is 1.66. The molecule has 1 aromatic heterocycles. The van der Waals surface area contributed by atoms with Crippen LogP contribution in [0, 0.1) is 5.82 Å². The zero-order valence-electron chi connectivity index (χ0n) is 19.6. The Labute approximate surface area is 208 Å². The summed E-state index contributed by atoms with van der Waals surface area (Å²) < 4.78 is 44.3. The quantitative estimate of drug-likeness (QED) is 0.411. The van der Waals surface area contributed by atoms with Gasteiger partial charge in [-0.05, 0) is 49.4 Å². The number of carbonyl (C=O) groups excluding carboxylic acids is 1. The highest BCUT2D eigenvalue weighted by Crippen LogP contribution is 2.32. The zero-order valence-corrected chi connectivity index (χ0v) is 21.2. The molecule has 0 radical (unpaired) electrons. The fourth-order valence-corrected chi connectivity index (χ4v) is 6.16. The Morgan fingerprint density at radius 1 is 1.14 bits per heavy atom. The Morgan fingerprint density at radius 2 is 1.89 bits per heavy atom. The number of nitrogens with one attached hydrogen (secondary N) is 1. The molecule has 0 unspecified atom stereocenters. The molecule has 0 aliphatic carbocycles. The molecule has 1 saturated heterocycles. The number of piperazine rings is 1. The molecule has 3 aromatic rings. The number of thiazole rings is 1. The number of fused-ring (bicyclic) bond motifs is 1. The van der Waals surface area contributed by atoms with Crippen LogP contribution in [-0.2, 0) is 14.6 Å². The Hall–Kier alpha value is -2.76. The van der Waals surface area contributed by atoms with E-state index in [9.17, 15) is 17.6 Å². The molecule has 0 saturated carbocycles. The van der Waals surface area contributed by atoms with E-state index in [1.54, 1.807) is 11.3 Å². The number of nitrogens with zero attached hydrogens (tertiary/aromatic N) is 3. The van der Waals surface area contributed by atoms with Crippen LogP contribution >= 0.6 is 11.3 Å². The van der Waals surface area contributed by atoms with Gasteiger partial charge in [-0.3, -0.25) is 9.69 Å². The number of anilines is 1. The van der Waals surface area contributed by atoms with Gasteiger partial charge in [0.25, 0.3) is 0 Å². The molecule has 2 aromatic carbocycles. The van der Waals surface area contributed by atoms with E-state index in [-0.39, 0.29) is 23.0 Å². The Bertz CT molecular complexity index is 1260. The van der Waals surface area contributed by atoms with Crippen molar-refractivity contribution in [1.82, 2.24) is 15.2 Å². The van der Waals surface area contributed by atoms with E-state index in [2.05, 4.69) is 15.1 Å². The van der Waals surface area contributed by atoms with Crippen molar-refractivity contribution < 1.29 is 22.3 Å². The predicted octanol–water partition coefficient (Wildman–Crippen LogP) is 2.94. The third-order valence-corrected chi connectivity index (χ3v) is 8.63. The van der Waals surface area contributed by atoms with Crippen LogP contribution in [0.4, 0.5) is 9.52 Å². The lowest BCUT2D eigenvalue weighted by molar-refractivity contribution is -0.120. The second-order valence-electron chi connectivity index (χ2n) is 8.26. The van der Waals surface area contributed by atoms with Gasteiger partial charge in [0.15, 0.2) is 15.0 Å². The van der Waals surface area contributed by atoms with Gasteiger partial charge in [0.1, 0.15) is 11.6 Å². The van der Waals surface area contributed by atoms with Gasteiger partial charge in [-0.15, -0.1) is 0 Å². The van der Waals surface area contributed by atoms with Crippen molar-refractivity contribution in [2.45, 2.75) is 18.2 Å². The minimum absolute atomic E-state index is 0.0208. The maximum atomic E-state index is 13.0. The molecule has 0 spiro atoms. The molecule has 188 valence electrons. The zero-order chi connectivity index (χ0) is 24.8. The molecule has 1 aliphatic heterocycles. The molecule has 4 rings (SSSR count). The van der Waals surface area contributed by atoms with Gasteiger partial charge >= 0.3 is 0 Å². The van der Waals surface area contributed by atoms with Crippen molar-refractivity contribution in [1.29, 1.82) is 0 Å². The molecule has 1 amide bonds. The van der Waals surface area contributed by atoms with Gasteiger partial charge in [0, 0.05) is 45.7 Å². The number of amides is 1. The maximum Gasteiger partial charge on any atom is 0.221 e. The Morgan fingerprint density at radius 3 is 2.60 bits per heavy atom. The standard InChI is InChI=1S/C24H29FN4O4S2/c1-2-33-19-5-8-21-22(17-19)34-24(27-21)29-14-12-28(13-15-29)11-10-26-23(30)9-16-35(31,32)20-6-3-18(25)4-7-20/h3-8,17H,2,9-16H2,1H3,(H,26,30). The molecular weight excluding hydrogens is 491 g/mol. The van der Waals surface area contributed by atoms with E-state index < -0.39 is 15.7 Å². The summed E-state index contributed by atoms with van der Waals surface area (Å²) in [4.78, 5) is 21.5. The highest BCUT2D eigenvalue weighted by atomic mass is 32.2. The van der Waals surface area contributed by atoms with Crippen molar-refractivity contribution in [3.8, 4) is 5.75 Å². The van der Waals surface area contributed by atoms with Gasteiger partial charge in [-0.1, -0.05) is 11.3 Å². The number of sulfone groups is 1. The van der Waals surface area contributed by atoms with Crippen molar-refractivity contribution in [3.05, 3.63) is 48.3 Å². The summed E-state index contributed by atoms with van der Waals surface area (Å²) in [5.41, 5.74) is 0.972. The van der Waals surface area contributed by atoms with E-state index in [0.29, 0.717) is 19.7 Å². The number of halogens is 1. The Balaban J connectivity index is 1.18. The van der Waals surface area contributed by atoms with Crippen LogP contribution in [0.2, 0.25) is 0 Å². The topological polar surface area (TPSA) is 91.8 Å². The minimum Gasteiger partial charge on any atom is -0.494 e. The highest BCUT2D eigenvalue weighted by molar-refractivity contribution is 7.91. The monoisotopic (exact) mass is 520 g/mol. The average molecular weight is 521 g/mol. The molecular formula is C24H29FN4O4S2. The van der Waals surface area contributed by atoms with Crippen LogP contribution in [0.15, 0.2) is 47.4 Å². The summed E-state index contributed by atoms with van der Waals surface area (Å²) in [6.45, 7) is 7.16. The van der Waals surface area contributed by atoms with E-state index >= 15 is 0 Å². The molecule has 1 aliphatic rings. The van der Waals surface area contributed by atoms with Crippen LogP contribution in [0.25, 0.3) is 10.2 Å². The fourth-order valence-electron chi connectivity index (χ4n) is 3.88. The van der Waals surface area contributed by atoms with Crippen LogP contribution in [0.1, 0.15) is 13.3 Å². The first-order valence-corrected chi connectivity index (χ1v) is 14.1. The van der Waals surface area contributed by atoms with Crippen molar-refractivity contribution in [2.75, 3.05) is 56.5 Å². The molecule has 8 nitrogen and oxygen atoms in total. The van der Waals surface area contributed by atoms with Crippen LogP contribution in [0.3, 0.4) is 0 Å². The number of aromatic nitrogens is 1. The lowest BCUT2D eigenvalue weighted by atomic mass is 10.3. The number of carbonyl (C=O) groups is 1. The van der Waals surface area contributed by atoms with Crippen LogP contribution < -0.4 is 15.0 Å². The fraction of sp³-hybridized carbons (Fsp3) is 0.417. The second-order valence-corrected chi connectivity index (χ2v) is 11.4. The summed E-state index contributed by atoms with van der Waals surface area (Å²) in [5, 5.41) is 3.80. The van der Waals surface area contributed by atoms with Crippen molar-refractivity contribution in [3.63, 3.8) is 0 Å². The highest BCUT2D eigenvalue weighted by Gasteiger charge is 2.20. The van der Waals surface area contributed by atoms with Crippen LogP contribution in [-0.4, -0.2) is 75.8 Å². The smallest absolute Gasteiger partial charge is 0.221 e. The summed E-state index contributed by atoms with van der Waals surface area (Å²) in [7, 11) is -3.62. The number of hydrogen-bond donors (Lipinski definition) is 1. The largest absolute Gasteiger partial charge is 0.494 e. The lowest BCUT2D eigenvalue weighted by Crippen LogP contribution is -2.48.